The van der Waals surface area contributed by atoms with Crippen molar-refractivity contribution in [3.8, 4) is 5.75 Å². The summed E-state index contributed by atoms with van der Waals surface area (Å²) >= 11 is 0. The third kappa shape index (κ3) is 7.23. The fourth-order valence-electron chi connectivity index (χ4n) is 5.04. The number of ether oxygens (including phenoxy) is 2. The molecule has 1 saturated heterocycles. The molecular formula is C29H34F2N6O6S. The highest BCUT2D eigenvalue weighted by molar-refractivity contribution is 7.89. The van der Waals surface area contributed by atoms with Gasteiger partial charge in [0, 0.05) is 68.6 Å². The lowest BCUT2D eigenvalue weighted by molar-refractivity contribution is -0.122. The Morgan fingerprint density at radius 2 is 1.84 bits per heavy atom. The van der Waals surface area contributed by atoms with Crippen LogP contribution in [0.15, 0.2) is 41.3 Å². The number of rotatable bonds is 10. The first kappa shape index (κ1) is 31.5. The summed E-state index contributed by atoms with van der Waals surface area (Å²) in [6.07, 6.45) is 1.36. The number of likely N-dealkylation sites (N-methyl/N-ethyl adjacent to an activating group) is 1. The summed E-state index contributed by atoms with van der Waals surface area (Å²) in [6.45, 7) is 1.87. The molecule has 2 amide bonds. The molecule has 0 radical (unpaired) electrons. The molecule has 2 aliphatic rings. The van der Waals surface area contributed by atoms with Crippen molar-refractivity contribution in [3.05, 3.63) is 64.9 Å². The van der Waals surface area contributed by atoms with Crippen molar-refractivity contribution in [1.29, 1.82) is 0 Å². The van der Waals surface area contributed by atoms with Crippen LogP contribution in [0.2, 0.25) is 0 Å². The zero-order valence-electron chi connectivity index (χ0n) is 24.4. The molecule has 3 heterocycles. The third-order valence-electron chi connectivity index (χ3n) is 7.50. The summed E-state index contributed by atoms with van der Waals surface area (Å²) in [7, 11) is -0.415. The highest BCUT2D eigenvalue weighted by Gasteiger charge is 2.32. The number of amides is 2. The second-order valence-electron chi connectivity index (χ2n) is 10.9. The van der Waals surface area contributed by atoms with Gasteiger partial charge in [-0.1, -0.05) is 0 Å². The maximum Gasteiger partial charge on any atom is 0.258 e. The number of carbonyl (C=O) groups excluding carboxylic acids is 2. The second-order valence-corrected chi connectivity index (χ2v) is 12.9. The number of fused-ring (bicyclic) bond motifs is 1. The van der Waals surface area contributed by atoms with E-state index in [1.807, 2.05) is 19.0 Å². The van der Waals surface area contributed by atoms with Crippen LogP contribution < -0.4 is 15.4 Å². The number of nitrogens with one attached hydrogen (secondary N) is 3. The van der Waals surface area contributed by atoms with Gasteiger partial charge < -0.3 is 25.0 Å². The SMILES string of the molecule is CN(C)CCOc1ccc(C(=O)Nc2n[nH]c3c2CN(S(=O)(=O)c2cc(F)cc(F)c2)CC3)c(NC(=O)C2CCOCC2)c1. The van der Waals surface area contributed by atoms with Gasteiger partial charge in [0.15, 0.2) is 5.82 Å². The number of hydrogen-bond donors (Lipinski definition) is 3. The highest BCUT2D eigenvalue weighted by atomic mass is 32.2. The van der Waals surface area contributed by atoms with Gasteiger partial charge in [-0.2, -0.15) is 9.40 Å². The number of nitrogens with zero attached hydrogens (tertiary/aromatic N) is 3. The number of aromatic nitrogens is 2. The Balaban J connectivity index is 1.37. The molecule has 1 aromatic heterocycles. The average molecular weight is 633 g/mol. The largest absolute Gasteiger partial charge is 0.492 e. The summed E-state index contributed by atoms with van der Waals surface area (Å²) in [5.74, 6) is -2.54. The molecule has 1 fully saturated rings. The number of hydrogen-bond acceptors (Lipinski definition) is 8. The van der Waals surface area contributed by atoms with Gasteiger partial charge in [-0.3, -0.25) is 14.7 Å². The van der Waals surface area contributed by atoms with E-state index in [0.717, 1.165) is 16.4 Å². The number of sulfonamides is 1. The van der Waals surface area contributed by atoms with E-state index in [-0.39, 0.29) is 48.4 Å². The highest BCUT2D eigenvalue weighted by Crippen LogP contribution is 2.31. The van der Waals surface area contributed by atoms with E-state index in [9.17, 15) is 26.8 Å². The lowest BCUT2D eigenvalue weighted by atomic mass is 9.99. The van der Waals surface area contributed by atoms with Gasteiger partial charge in [0.2, 0.25) is 15.9 Å². The molecule has 0 bridgehead atoms. The minimum Gasteiger partial charge on any atom is -0.492 e. The quantitative estimate of drug-likeness (QED) is 0.309. The van der Waals surface area contributed by atoms with Crippen molar-refractivity contribution >= 4 is 33.3 Å². The Hall–Kier alpha value is -3.92. The Bertz CT molecular complexity index is 1620. The third-order valence-corrected chi connectivity index (χ3v) is 9.32. The van der Waals surface area contributed by atoms with Crippen LogP contribution in [0.4, 0.5) is 20.3 Å². The van der Waals surface area contributed by atoms with Crippen molar-refractivity contribution in [1.82, 2.24) is 19.4 Å². The van der Waals surface area contributed by atoms with Crippen LogP contribution in [0.5, 0.6) is 5.75 Å². The van der Waals surface area contributed by atoms with E-state index in [1.165, 1.54) is 6.07 Å². The van der Waals surface area contributed by atoms with Gasteiger partial charge in [0.1, 0.15) is 24.0 Å². The monoisotopic (exact) mass is 632 g/mol. The van der Waals surface area contributed by atoms with Gasteiger partial charge >= 0.3 is 0 Å². The van der Waals surface area contributed by atoms with Gasteiger partial charge in [0.05, 0.1) is 16.1 Å². The van der Waals surface area contributed by atoms with Crippen LogP contribution in [0.1, 0.15) is 34.5 Å². The molecule has 0 atom stereocenters. The predicted octanol–water partition coefficient (Wildman–Crippen LogP) is 2.99. The van der Waals surface area contributed by atoms with Crippen molar-refractivity contribution in [3.63, 3.8) is 0 Å². The van der Waals surface area contributed by atoms with Crippen molar-refractivity contribution in [2.45, 2.75) is 30.7 Å². The maximum atomic E-state index is 13.8. The fraction of sp³-hybridized carbons (Fsp3) is 0.414. The number of halogens is 2. The first-order valence-corrected chi connectivity index (χ1v) is 15.6. The van der Waals surface area contributed by atoms with E-state index in [4.69, 9.17) is 9.47 Å². The Labute approximate surface area is 253 Å². The van der Waals surface area contributed by atoms with Crippen LogP contribution in [-0.4, -0.2) is 86.6 Å². The van der Waals surface area contributed by atoms with Gasteiger partial charge in [-0.05, 0) is 51.2 Å². The Morgan fingerprint density at radius 3 is 2.55 bits per heavy atom. The Morgan fingerprint density at radius 1 is 1.11 bits per heavy atom. The van der Waals surface area contributed by atoms with E-state index >= 15 is 0 Å². The van der Waals surface area contributed by atoms with Crippen molar-refractivity contribution in [2.24, 2.45) is 5.92 Å². The topological polar surface area (TPSA) is 146 Å². The van der Waals surface area contributed by atoms with Crippen LogP contribution in [0.25, 0.3) is 0 Å². The van der Waals surface area contributed by atoms with Gasteiger partial charge in [-0.15, -0.1) is 0 Å². The van der Waals surface area contributed by atoms with Crippen LogP contribution >= 0.6 is 0 Å². The molecule has 0 aliphatic carbocycles. The zero-order valence-corrected chi connectivity index (χ0v) is 25.2. The summed E-state index contributed by atoms with van der Waals surface area (Å²) in [5.41, 5.74) is 1.44. The molecule has 0 unspecified atom stereocenters. The molecule has 0 spiro atoms. The maximum absolute atomic E-state index is 13.8. The molecular weight excluding hydrogens is 598 g/mol. The van der Waals surface area contributed by atoms with Crippen LogP contribution in [0, 0.1) is 17.6 Å². The van der Waals surface area contributed by atoms with E-state index in [0.29, 0.717) is 62.3 Å². The molecule has 5 rings (SSSR count). The summed E-state index contributed by atoms with van der Waals surface area (Å²) in [4.78, 5) is 28.1. The van der Waals surface area contributed by atoms with Crippen molar-refractivity contribution in [2.75, 3.05) is 57.6 Å². The summed E-state index contributed by atoms with van der Waals surface area (Å²) < 4.78 is 66.3. The number of benzene rings is 2. The lowest BCUT2D eigenvalue weighted by Gasteiger charge is -2.26. The second kappa shape index (κ2) is 13.4. The molecule has 44 heavy (non-hydrogen) atoms. The first-order chi connectivity index (χ1) is 21.0. The predicted molar refractivity (Wildman–Crippen MR) is 157 cm³/mol. The van der Waals surface area contributed by atoms with Crippen LogP contribution in [0.3, 0.4) is 0 Å². The molecule has 3 N–H and O–H groups in total. The molecule has 2 aromatic carbocycles. The minimum absolute atomic E-state index is 0.0424. The normalized spacial score (nSPS) is 16.0. The van der Waals surface area contributed by atoms with E-state index in [2.05, 4.69) is 20.8 Å². The average Bonchev–Trinajstić information content (AvgIpc) is 3.38. The molecule has 15 heteroatoms. The first-order valence-electron chi connectivity index (χ1n) is 14.1. The number of H-pyrrole nitrogens is 1. The van der Waals surface area contributed by atoms with E-state index < -0.39 is 32.5 Å². The standard InChI is InChI=1S/C29H34F2N6O6S/c1-36(2)9-12-43-21-3-4-23(26(16-21)32-28(38)18-6-10-42-11-7-18)29(39)33-27-24-17-37(8-5-25(24)34-35-27)44(40,41)22-14-19(30)13-20(31)15-22/h3-4,13-16,18H,5-12,17H2,1-2H3,(H,32,38)(H2,33,34,35,39). The molecule has 0 saturated carbocycles. The molecule has 236 valence electrons. The Kier molecular flexibility index (Phi) is 9.58. The van der Waals surface area contributed by atoms with Crippen LogP contribution in [-0.2, 0) is 32.5 Å². The zero-order chi connectivity index (χ0) is 31.4. The van der Waals surface area contributed by atoms with Crippen molar-refractivity contribution < 1.29 is 36.3 Å². The minimum atomic E-state index is -4.25. The number of aromatic amines is 1. The molecule has 12 nitrogen and oxygen atoms in total. The molecule has 2 aliphatic heterocycles. The number of anilines is 2. The fourth-order valence-corrected chi connectivity index (χ4v) is 6.49. The van der Waals surface area contributed by atoms with Gasteiger partial charge in [-0.25, -0.2) is 17.2 Å². The summed E-state index contributed by atoms with van der Waals surface area (Å²) in [6, 6.07) is 6.87. The lowest BCUT2D eigenvalue weighted by Crippen LogP contribution is -2.36. The van der Waals surface area contributed by atoms with Gasteiger partial charge in [0.25, 0.3) is 5.91 Å². The van der Waals surface area contributed by atoms with E-state index in [1.54, 1.807) is 12.1 Å². The summed E-state index contributed by atoms with van der Waals surface area (Å²) in [5, 5.41) is 12.6. The molecule has 3 aromatic rings. The smallest absolute Gasteiger partial charge is 0.258 e. The number of carbonyl (C=O) groups is 2.